The molecule has 0 amide bonds. The maximum absolute atomic E-state index is 11.1. The second-order valence-corrected chi connectivity index (χ2v) is 3.68. The SMILES string of the molecule is COC(=O)/C(C#N)=C/Nc1cc(C)cc(C)c1. The average molecular weight is 230 g/mol. The number of hydrogen-bond donors (Lipinski definition) is 1. The molecule has 0 atom stereocenters. The van der Waals surface area contributed by atoms with Gasteiger partial charge in [0, 0.05) is 11.9 Å². The zero-order valence-corrected chi connectivity index (χ0v) is 10.1. The summed E-state index contributed by atoms with van der Waals surface area (Å²) in [6.07, 6.45) is 1.35. The molecule has 0 radical (unpaired) electrons. The van der Waals surface area contributed by atoms with E-state index in [2.05, 4.69) is 10.1 Å². The first-order valence-corrected chi connectivity index (χ1v) is 5.10. The van der Waals surface area contributed by atoms with E-state index in [1.54, 1.807) is 6.07 Å². The maximum Gasteiger partial charge on any atom is 0.350 e. The van der Waals surface area contributed by atoms with Crippen LogP contribution in [0.4, 0.5) is 5.69 Å². The van der Waals surface area contributed by atoms with Crippen molar-refractivity contribution in [2.45, 2.75) is 13.8 Å². The molecule has 0 saturated carbocycles. The number of ether oxygens (including phenoxy) is 1. The number of nitrogens with one attached hydrogen (secondary N) is 1. The summed E-state index contributed by atoms with van der Waals surface area (Å²) in [5.41, 5.74) is 2.99. The number of nitrogens with zero attached hydrogens (tertiary/aromatic N) is 1. The number of aryl methyl sites for hydroxylation is 2. The van der Waals surface area contributed by atoms with Crippen molar-refractivity contribution in [1.29, 1.82) is 5.26 Å². The zero-order chi connectivity index (χ0) is 12.8. The molecule has 0 aromatic heterocycles. The largest absolute Gasteiger partial charge is 0.465 e. The van der Waals surface area contributed by atoms with Crippen LogP contribution in [-0.4, -0.2) is 13.1 Å². The van der Waals surface area contributed by atoms with Crippen molar-refractivity contribution in [3.05, 3.63) is 41.1 Å². The lowest BCUT2D eigenvalue weighted by molar-refractivity contribution is -0.135. The van der Waals surface area contributed by atoms with E-state index in [1.165, 1.54) is 13.3 Å². The highest BCUT2D eigenvalue weighted by Gasteiger charge is 2.07. The lowest BCUT2D eigenvalue weighted by atomic mass is 10.1. The van der Waals surface area contributed by atoms with Crippen LogP contribution in [0.25, 0.3) is 0 Å². The van der Waals surface area contributed by atoms with Gasteiger partial charge in [0.05, 0.1) is 7.11 Å². The van der Waals surface area contributed by atoms with Crippen LogP contribution in [0.3, 0.4) is 0 Å². The van der Waals surface area contributed by atoms with Gasteiger partial charge in [0.1, 0.15) is 6.07 Å². The fourth-order valence-electron chi connectivity index (χ4n) is 1.46. The third kappa shape index (κ3) is 3.65. The van der Waals surface area contributed by atoms with Gasteiger partial charge >= 0.3 is 5.97 Å². The molecule has 0 heterocycles. The summed E-state index contributed by atoms with van der Waals surface area (Å²) in [5, 5.41) is 11.7. The number of hydrogen-bond acceptors (Lipinski definition) is 4. The van der Waals surface area contributed by atoms with Crippen molar-refractivity contribution in [3.63, 3.8) is 0 Å². The minimum Gasteiger partial charge on any atom is -0.465 e. The molecule has 88 valence electrons. The maximum atomic E-state index is 11.1. The number of methoxy groups -OCH3 is 1. The summed E-state index contributed by atoms with van der Waals surface area (Å²) in [4.78, 5) is 11.1. The van der Waals surface area contributed by atoms with Crippen molar-refractivity contribution in [2.24, 2.45) is 0 Å². The quantitative estimate of drug-likeness (QED) is 0.491. The number of anilines is 1. The van der Waals surface area contributed by atoms with Crippen LogP contribution in [0.5, 0.6) is 0 Å². The Morgan fingerprint density at radius 3 is 2.41 bits per heavy atom. The predicted molar refractivity (Wildman–Crippen MR) is 65.3 cm³/mol. The van der Waals surface area contributed by atoms with E-state index in [0.717, 1.165) is 16.8 Å². The third-order valence-corrected chi connectivity index (χ3v) is 2.13. The average Bonchev–Trinajstić information content (AvgIpc) is 2.28. The Hall–Kier alpha value is -2.28. The molecule has 0 spiro atoms. The fraction of sp³-hybridized carbons (Fsp3) is 0.231. The van der Waals surface area contributed by atoms with Crippen molar-refractivity contribution in [3.8, 4) is 6.07 Å². The summed E-state index contributed by atoms with van der Waals surface area (Å²) >= 11 is 0. The first-order valence-electron chi connectivity index (χ1n) is 5.10. The molecule has 0 saturated heterocycles. The monoisotopic (exact) mass is 230 g/mol. The van der Waals surface area contributed by atoms with Crippen molar-refractivity contribution in [1.82, 2.24) is 0 Å². The fourth-order valence-corrected chi connectivity index (χ4v) is 1.46. The Morgan fingerprint density at radius 1 is 1.35 bits per heavy atom. The smallest absolute Gasteiger partial charge is 0.350 e. The van der Waals surface area contributed by atoms with Crippen LogP contribution >= 0.6 is 0 Å². The molecule has 0 aliphatic rings. The van der Waals surface area contributed by atoms with Gasteiger partial charge in [-0.05, 0) is 37.1 Å². The number of esters is 1. The summed E-state index contributed by atoms with van der Waals surface area (Å²) in [7, 11) is 1.24. The summed E-state index contributed by atoms with van der Waals surface area (Å²) in [5.74, 6) is -0.649. The third-order valence-electron chi connectivity index (χ3n) is 2.13. The van der Waals surface area contributed by atoms with Gasteiger partial charge in [0.25, 0.3) is 0 Å². The van der Waals surface area contributed by atoms with E-state index in [4.69, 9.17) is 5.26 Å². The first kappa shape index (κ1) is 12.8. The van der Waals surface area contributed by atoms with Gasteiger partial charge in [-0.1, -0.05) is 6.07 Å². The molecule has 0 fully saturated rings. The summed E-state index contributed by atoms with van der Waals surface area (Å²) in [6.45, 7) is 3.96. The van der Waals surface area contributed by atoms with Gasteiger partial charge in [0.2, 0.25) is 0 Å². The van der Waals surface area contributed by atoms with E-state index in [-0.39, 0.29) is 5.57 Å². The Labute approximate surface area is 101 Å². The Kier molecular flexibility index (Phi) is 4.29. The van der Waals surface area contributed by atoms with E-state index < -0.39 is 5.97 Å². The van der Waals surface area contributed by atoms with Crippen molar-refractivity contribution >= 4 is 11.7 Å². The van der Waals surface area contributed by atoms with E-state index in [9.17, 15) is 4.79 Å². The standard InChI is InChI=1S/C13H14N2O2/c1-9-4-10(2)6-12(5-9)15-8-11(7-14)13(16)17-3/h4-6,8,15H,1-3H3/b11-8+. The molecule has 0 aliphatic carbocycles. The molecule has 0 aliphatic heterocycles. The van der Waals surface area contributed by atoms with E-state index >= 15 is 0 Å². The lowest BCUT2D eigenvalue weighted by Gasteiger charge is -2.05. The van der Waals surface area contributed by atoms with Crippen LogP contribution in [-0.2, 0) is 9.53 Å². The molecule has 17 heavy (non-hydrogen) atoms. The number of rotatable bonds is 3. The van der Waals surface area contributed by atoms with Crippen LogP contribution in [0, 0.1) is 25.2 Å². The van der Waals surface area contributed by atoms with Gasteiger partial charge in [-0.3, -0.25) is 0 Å². The van der Waals surface area contributed by atoms with Crippen LogP contribution in [0.15, 0.2) is 30.0 Å². The summed E-state index contributed by atoms with van der Waals surface area (Å²) in [6, 6.07) is 7.67. The molecular weight excluding hydrogens is 216 g/mol. The zero-order valence-electron chi connectivity index (χ0n) is 10.1. The van der Waals surface area contributed by atoms with E-state index in [0.29, 0.717) is 0 Å². The Balaban J connectivity index is 2.88. The normalized spacial score (nSPS) is 10.6. The molecule has 1 aromatic carbocycles. The molecule has 4 heteroatoms. The topological polar surface area (TPSA) is 62.1 Å². The molecule has 1 rings (SSSR count). The summed E-state index contributed by atoms with van der Waals surface area (Å²) < 4.78 is 4.47. The van der Waals surface area contributed by atoms with Gasteiger partial charge in [-0.25, -0.2) is 4.79 Å². The minimum atomic E-state index is -0.649. The molecular formula is C13H14N2O2. The van der Waals surface area contributed by atoms with Gasteiger partial charge < -0.3 is 10.1 Å². The minimum absolute atomic E-state index is 0.0633. The van der Waals surface area contributed by atoms with E-state index in [1.807, 2.05) is 32.0 Å². The van der Waals surface area contributed by atoms with Gasteiger partial charge in [-0.2, -0.15) is 5.26 Å². The lowest BCUT2D eigenvalue weighted by Crippen LogP contribution is -2.05. The molecule has 1 aromatic rings. The van der Waals surface area contributed by atoms with Crippen LogP contribution in [0.2, 0.25) is 0 Å². The van der Waals surface area contributed by atoms with Crippen molar-refractivity contribution < 1.29 is 9.53 Å². The van der Waals surface area contributed by atoms with Gasteiger partial charge in [-0.15, -0.1) is 0 Å². The van der Waals surface area contributed by atoms with Gasteiger partial charge in [0.15, 0.2) is 5.57 Å². The number of nitriles is 1. The highest BCUT2D eigenvalue weighted by atomic mass is 16.5. The van der Waals surface area contributed by atoms with Crippen molar-refractivity contribution in [2.75, 3.05) is 12.4 Å². The highest BCUT2D eigenvalue weighted by molar-refractivity contribution is 5.93. The van der Waals surface area contributed by atoms with Crippen LogP contribution < -0.4 is 5.32 Å². The Morgan fingerprint density at radius 2 is 1.94 bits per heavy atom. The second kappa shape index (κ2) is 5.71. The second-order valence-electron chi connectivity index (χ2n) is 3.68. The number of benzene rings is 1. The highest BCUT2D eigenvalue weighted by Crippen LogP contribution is 2.14. The predicted octanol–water partition coefficient (Wildman–Crippen LogP) is 2.30. The number of carbonyl (C=O) groups excluding carboxylic acids is 1. The Bertz CT molecular complexity index is 478. The molecule has 1 N–H and O–H groups in total. The van der Waals surface area contributed by atoms with Crippen LogP contribution in [0.1, 0.15) is 11.1 Å². The first-order chi connectivity index (χ1) is 8.06. The molecule has 0 unspecified atom stereocenters. The molecule has 4 nitrogen and oxygen atoms in total. The molecule has 0 bridgehead atoms. The number of carbonyl (C=O) groups is 1.